The zero-order chi connectivity index (χ0) is 24.6. The molecule has 0 saturated heterocycles. The van der Waals surface area contributed by atoms with E-state index in [2.05, 4.69) is 20.3 Å². The van der Waals surface area contributed by atoms with Crippen molar-refractivity contribution < 1.29 is 17.6 Å². The van der Waals surface area contributed by atoms with Gasteiger partial charge in [0.1, 0.15) is 11.6 Å². The molecule has 0 saturated carbocycles. The Hall–Kier alpha value is -3.75. The summed E-state index contributed by atoms with van der Waals surface area (Å²) in [5.41, 5.74) is 4.18. The summed E-state index contributed by atoms with van der Waals surface area (Å²) in [7, 11) is 0. The minimum Gasteiger partial charge on any atom is -0.324 e. The molecule has 35 heavy (non-hydrogen) atoms. The Labute approximate surface area is 199 Å². The minimum absolute atomic E-state index is 0.00188. The van der Waals surface area contributed by atoms with Crippen LogP contribution in [0.15, 0.2) is 60.9 Å². The smallest absolute Gasteiger partial charge is 0.324 e. The lowest BCUT2D eigenvalue weighted by atomic mass is 9.84. The lowest BCUT2D eigenvalue weighted by molar-refractivity contribution is -0.177. The van der Waals surface area contributed by atoms with Crippen molar-refractivity contribution in [3.8, 4) is 5.69 Å². The van der Waals surface area contributed by atoms with E-state index >= 15 is 0 Å². The first-order chi connectivity index (χ1) is 16.8. The lowest BCUT2D eigenvalue weighted by Gasteiger charge is -2.27. The Balaban J connectivity index is 1.45. The van der Waals surface area contributed by atoms with Gasteiger partial charge in [-0.1, -0.05) is 12.1 Å². The average Bonchev–Trinajstić information content (AvgIpc) is 3.26. The van der Waals surface area contributed by atoms with Crippen LogP contribution in [-0.4, -0.2) is 25.7 Å². The molecule has 0 aliphatic heterocycles. The molecular formula is C26H23F4N5. The topological polar surface area (TPSA) is 55.6 Å². The maximum Gasteiger partial charge on any atom is 0.392 e. The highest BCUT2D eigenvalue weighted by Gasteiger charge is 2.42. The number of fused-ring (bicyclic) bond motifs is 1. The third-order valence-corrected chi connectivity index (χ3v) is 6.33. The van der Waals surface area contributed by atoms with Crippen LogP contribution in [0.2, 0.25) is 0 Å². The van der Waals surface area contributed by atoms with E-state index in [1.165, 1.54) is 12.1 Å². The minimum atomic E-state index is -4.27. The van der Waals surface area contributed by atoms with Crippen molar-refractivity contribution in [1.29, 1.82) is 0 Å². The molecular weight excluding hydrogens is 458 g/mol. The van der Waals surface area contributed by atoms with Gasteiger partial charge in [0.15, 0.2) is 0 Å². The van der Waals surface area contributed by atoms with Gasteiger partial charge in [0.05, 0.1) is 11.6 Å². The van der Waals surface area contributed by atoms with E-state index in [9.17, 15) is 17.6 Å². The first-order valence-corrected chi connectivity index (χ1v) is 11.3. The molecule has 2 aromatic carbocycles. The number of nitrogens with one attached hydrogen (secondary N) is 1. The molecule has 180 valence electrons. The SMILES string of the molecule is Cc1nccn1-c1ccc(Nc2nc3c(c(Cc4ccc(F)cc4)n2)CC(C(F)(F)F)CC3)cc1. The van der Waals surface area contributed by atoms with Crippen LogP contribution in [0.25, 0.3) is 5.69 Å². The normalized spacial score (nSPS) is 15.6. The molecule has 0 bridgehead atoms. The predicted octanol–water partition coefficient (Wildman–Crippen LogP) is 6.11. The van der Waals surface area contributed by atoms with E-state index in [0.717, 1.165) is 22.8 Å². The van der Waals surface area contributed by atoms with Crippen LogP contribution >= 0.6 is 0 Å². The maximum absolute atomic E-state index is 13.5. The van der Waals surface area contributed by atoms with E-state index in [-0.39, 0.29) is 25.1 Å². The molecule has 4 aromatic rings. The summed E-state index contributed by atoms with van der Waals surface area (Å²) in [6.07, 6.45) is -0.280. The van der Waals surface area contributed by atoms with Gasteiger partial charge >= 0.3 is 6.18 Å². The highest BCUT2D eigenvalue weighted by atomic mass is 19.4. The monoisotopic (exact) mass is 481 g/mol. The molecule has 9 heteroatoms. The second-order valence-electron chi connectivity index (χ2n) is 8.72. The van der Waals surface area contributed by atoms with Crippen molar-refractivity contribution in [3.05, 3.63) is 95.1 Å². The van der Waals surface area contributed by atoms with Gasteiger partial charge in [-0.15, -0.1) is 0 Å². The van der Waals surface area contributed by atoms with E-state index in [1.807, 2.05) is 42.0 Å². The Bertz CT molecular complexity index is 1330. The molecule has 5 rings (SSSR count). The molecule has 1 atom stereocenters. The molecule has 1 unspecified atom stereocenters. The zero-order valence-electron chi connectivity index (χ0n) is 19.0. The standard InChI is InChI=1S/C26H23F4N5/c1-16-31-12-13-35(16)21-9-7-20(8-10-21)32-25-33-23-11-4-18(26(28,29)30)15-22(23)24(34-25)14-17-2-5-19(27)6-3-17/h2-3,5-10,12-13,18H,4,11,14-15H2,1H3,(H,32,33,34). The average molecular weight is 481 g/mol. The fourth-order valence-electron chi connectivity index (χ4n) is 4.45. The number of rotatable bonds is 5. The van der Waals surface area contributed by atoms with Crippen molar-refractivity contribution in [2.24, 2.45) is 5.92 Å². The second-order valence-corrected chi connectivity index (χ2v) is 8.72. The summed E-state index contributed by atoms with van der Waals surface area (Å²) < 4.78 is 55.7. The predicted molar refractivity (Wildman–Crippen MR) is 124 cm³/mol. The molecule has 0 radical (unpaired) electrons. The van der Waals surface area contributed by atoms with E-state index in [4.69, 9.17) is 0 Å². The number of aryl methyl sites for hydroxylation is 2. The summed E-state index contributed by atoms with van der Waals surface area (Å²) in [5, 5.41) is 3.19. The Morgan fingerprint density at radius 3 is 2.43 bits per heavy atom. The van der Waals surface area contributed by atoms with Crippen LogP contribution in [0.3, 0.4) is 0 Å². The Morgan fingerprint density at radius 1 is 1.03 bits per heavy atom. The van der Waals surface area contributed by atoms with Crippen LogP contribution in [0.1, 0.15) is 34.8 Å². The molecule has 1 N–H and O–H groups in total. The summed E-state index contributed by atoms with van der Waals surface area (Å²) >= 11 is 0. The number of nitrogens with zero attached hydrogens (tertiary/aromatic N) is 4. The largest absolute Gasteiger partial charge is 0.392 e. The maximum atomic E-state index is 13.5. The van der Waals surface area contributed by atoms with Crippen molar-refractivity contribution in [3.63, 3.8) is 0 Å². The molecule has 2 aromatic heterocycles. The lowest BCUT2D eigenvalue weighted by Crippen LogP contribution is -2.30. The number of aromatic nitrogens is 4. The van der Waals surface area contributed by atoms with Crippen molar-refractivity contribution in [2.45, 2.75) is 38.8 Å². The molecule has 2 heterocycles. The summed E-state index contributed by atoms with van der Waals surface area (Å²) in [5.74, 6) is -0.583. The number of hydrogen-bond donors (Lipinski definition) is 1. The highest BCUT2D eigenvalue weighted by molar-refractivity contribution is 5.56. The first kappa shape index (κ1) is 23.0. The van der Waals surface area contributed by atoms with Gasteiger partial charge in [0.25, 0.3) is 0 Å². The third-order valence-electron chi connectivity index (χ3n) is 6.33. The van der Waals surface area contributed by atoms with Gasteiger partial charge in [-0.3, -0.25) is 0 Å². The molecule has 5 nitrogen and oxygen atoms in total. The zero-order valence-corrected chi connectivity index (χ0v) is 19.0. The fraction of sp³-hybridized carbons (Fsp3) is 0.269. The van der Waals surface area contributed by atoms with Gasteiger partial charge in [-0.05, 0) is 73.7 Å². The van der Waals surface area contributed by atoms with Gasteiger partial charge in [-0.25, -0.2) is 19.3 Å². The number of alkyl halides is 3. The third kappa shape index (κ3) is 5.03. The number of halogens is 4. The molecule has 1 aliphatic carbocycles. The van der Waals surface area contributed by atoms with Gasteiger partial charge in [0, 0.05) is 35.9 Å². The number of benzene rings is 2. The first-order valence-electron chi connectivity index (χ1n) is 11.3. The van der Waals surface area contributed by atoms with Crippen LogP contribution in [-0.2, 0) is 19.3 Å². The van der Waals surface area contributed by atoms with Crippen molar-refractivity contribution in [2.75, 3.05) is 5.32 Å². The van der Waals surface area contributed by atoms with Crippen LogP contribution < -0.4 is 5.32 Å². The summed E-state index contributed by atoms with van der Waals surface area (Å²) in [4.78, 5) is 13.4. The van der Waals surface area contributed by atoms with E-state index in [0.29, 0.717) is 29.3 Å². The highest BCUT2D eigenvalue weighted by Crippen LogP contribution is 2.38. The number of anilines is 2. The quantitative estimate of drug-likeness (QED) is 0.350. The molecule has 0 fully saturated rings. The molecule has 0 spiro atoms. The Morgan fingerprint density at radius 2 is 1.77 bits per heavy atom. The summed E-state index contributed by atoms with van der Waals surface area (Å²) in [6, 6.07) is 13.6. The van der Waals surface area contributed by atoms with Crippen molar-refractivity contribution in [1.82, 2.24) is 19.5 Å². The number of hydrogen-bond acceptors (Lipinski definition) is 4. The summed E-state index contributed by atoms with van der Waals surface area (Å²) in [6.45, 7) is 1.92. The molecule has 1 aliphatic rings. The van der Waals surface area contributed by atoms with Gasteiger partial charge in [0.2, 0.25) is 5.95 Å². The van der Waals surface area contributed by atoms with Gasteiger partial charge < -0.3 is 9.88 Å². The van der Waals surface area contributed by atoms with Crippen LogP contribution in [0.4, 0.5) is 29.2 Å². The second kappa shape index (κ2) is 9.13. The van der Waals surface area contributed by atoms with Gasteiger partial charge in [-0.2, -0.15) is 13.2 Å². The molecule has 0 amide bonds. The van der Waals surface area contributed by atoms with E-state index in [1.54, 1.807) is 18.3 Å². The van der Waals surface area contributed by atoms with Crippen LogP contribution in [0.5, 0.6) is 0 Å². The fourth-order valence-corrected chi connectivity index (χ4v) is 4.45. The van der Waals surface area contributed by atoms with Crippen molar-refractivity contribution >= 4 is 11.6 Å². The van der Waals surface area contributed by atoms with E-state index < -0.39 is 12.1 Å². The Kier molecular flexibility index (Phi) is 6.00. The number of imidazole rings is 1. The van der Waals surface area contributed by atoms with Crippen LogP contribution in [0, 0.1) is 18.7 Å².